The third kappa shape index (κ3) is 6.25. The van der Waals surface area contributed by atoms with Gasteiger partial charge in [0.05, 0.1) is 6.04 Å². The quantitative estimate of drug-likeness (QED) is 0.795. The summed E-state index contributed by atoms with van der Waals surface area (Å²) in [6.07, 6.45) is 2.06. The fourth-order valence-corrected chi connectivity index (χ4v) is 3.52. The SMILES string of the molecule is CCc1ccc(C(NC(=O)C2CCN(C(=O)OC(C)(C)C)CC2)C(C)C)cc1. The van der Waals surface area contributed by atoms with Crippen LogP contribution in [-0.2, 0) is 16.0 Å². The number of nitrogens with one attached hydrogen (secondary N) is 1. The van der Waals surface area contributed by atoms with Crippen molar-refractivity contribution in [3.05, 3.63) is 35.4 Å². The van der Waals surface area contributed by atoms with Crippen LogP contribution in [0.3, 0.4) is 0 Å². The van der Waals surface area contributed by atoms with Crippen LogP contribution in [-0.4, -0.2) is 35.6 Å². The van der Waals surface area contributed by atoms with E-state index in [-0.39, 0.29) is 24.0 Å². The molecular weight excluding hydrogens is 352 g/mol. The number of hydrogen-bond donors (Lipinski definition) is 1. The number of ether oxygens (including phenoxy) is 1. The first kappa shape index (κ1) is 22.3. The van der Waals surface area contributed by atoms with Gasteiger partial charge in [-0.3, -0.25) is 4.79 Å². The minimum Gasteiger partial charge on any atom is -0.444 e. The van der Waals surface area contributed by atoms with E-state index < -0.39 is 5.60 Å². The molecule has 1 N–H and O–H groups in total. The van der Waals surface area contributed by atoms with Gasteiger partial charge in [0.2, 0.25) is 5.91 Å². The van der Waals surface area contributed by atoms with Crippen molar-refractivity contribution in [3.63, 3.8) is 0 Å². The Morgan fingerprint density at radius 2 is 1.71 bits per heavy atom. The standard InChI is InChI=1S/C23H36N2O3/c1-7-17-8-10-18(11-9-17)20(16(2)3)24-21(26)19-12-14-25(15-13-19)22(27)28-23(4,5)6/h8-11,16,19-20H,7,12-15H2,1-6H3,(H,24,26). The van der Waals surface area contributed by atoms with Gasteiger partial charge in [0.25, 0.3) is 0 Å². The normalized spacial score (nSPS) is 16.8. The van der Waals surface area contributed by atoms with Gasteiger partial charge in [0, 0.05) is 19.0 Å². The molecule has 2 amide bonds. The lowest BCUT2D eigenvalue weighted by molar-refractivity contribution is -0.127. The van der Waals surface area contributed by atoms with Crippen LogP contribution in [0.2, 0.25) is 0 Å². The number of benzene rings is 1. The van der Waals surface area contributed by atoms with Crippen molar-refractivity contribution in [1.82, 2.24) is 10.2 Å². The Morgan fingerprint density at radius 3 is 2.18 bits per heavy atom. The van der Waals surface area contributed by atoms with E-state index in [4.69, 9.17) is 4.74 Å². The highest BCUT2D eigenvalue weighted by Crippen LogP contribution is 2.25. The third-order valence-corrected chi connectivity index (χ3v) is 5.23. The molecule has 1 saturated heterocycles. The second-order valence-electron chi connectivity index (χ2n) is 9.07. The number of carbonyl (C=O) groups is 2. The molecule has 0 aromatic heterocycles. The van der Waals surface area contributed by atoms with E-state index in [0.717, 1.165) is 12.0 Å². The van der Waals surface area contributed by atoms with Crippen LogP contribution in [0, 0.1) is 11.8 Å². The van der Waals surface area contributed by atoms with Gasteiger partial charge in [-0.1, -0.05) is 45.0 Å². The van der Waals surface area contributed by atoms with Gasteiger partial charge in [0.1, 0.15) is 5.60 Å². The van der Waals surface area contributed by atoms with E-state index in [1.807, 2.05) is 20.8 Å². The van der Waals surface area contributed by atoms with Crippen LogP contribution in [0.4, 0.5) is 4.79 Å². The molecule has 0 bridgehead atoms. The van der Waals surface area contributed by atoms with E-state index in [2.05, 4.69) is 50.4 Å². The molecule has 0 aliphatic carbocycles. The Bertz CT molecular complexity index is 653. The zero-order chi connectivity index (χ0) is 20.9. The van der Waals surface area contributed by atoms with Gasteiger partial charge >= 0.3 is 6.09 Å². The van der Waals surface area contributed by atoms with Gasteiger partial charge in [-0.25, -0.2) is 4.79 Å². The Hall–Kier alpha value is -2.04. The minimum atomic E-state index is -0.497. The van der Waals surface area contributed by atoms with Crippen molar-refractivity contribution in [2.45, 2.75) is 72.4 Å². The maximum absolute atomic E-state index is 12.9. The van der Waals surface area contributed by atoms with E-state index in [0.29, 0.717) is 31.8 Å². The molecule has 1 aromatic carbocycles. The molecule has 156 valence electrons. The summed E-state index contributed by atoms with van der Waals surface area (Å²) in [5, 5.41) is 3.25. The number of aryl methyl sites for hydroxylation is 1. The van der Waals surface area contributed by atoms with Crippen molar-refractivity contribution in [2.24, 2.45) is 11.8 Å². The molecule has 5 heteroatoms. The second kappa shape index (κ2) is 9.44. The average molecular weight is 389 g/mol. The van der Waals surface area contributed by atoms with Gasteiger partial charge in [-0.15, -0.1) is 0 Å². The highest BCUT2D eigenvalue weighted by molar-refractivity contribution is 5.79. The Balaban J connectivity index is 1.93. The first-order chi connectivity index (χ1) is 13.1. The van der Waals surface area contributed by atoms with Crippen LogP contribution in [0.1, 0.15) is 71.6 Å². The molecule has 1 heterocycles. The number of nitrogens with zero attached hydrogens (tertiary/aromatic N) is 1. The van der Waals surface area contributed by atoms with E-state index in [9.17, 15) is 9.59 Å². The molecule has 1 unspecified atom stereocenters. The first-order valence-electron chi connectivity index (χ1n) is 10.5. The van der Waals surface area contributed by atoms with Crippen LogP contribution in [0.15, 0.2) is 24.3 Å². The molecule has 28 heavy (non-hydrogen) atoms. The van der Waals surface area contributed by atoms with Crippen molar-refractivity contribution in [2.75, 3.05) is 13.1 Å². The summed E-state index contributed by atoms with van der Waals surface area (Å²) in [5.74, 6) is 0.329. The van der Waals surface area contributed by atoms with Gasteiger partial charge in [0.15, 0.2) is 0 Å². The fraction of sp³-hybridized carbons (Fsp3) is 0.652. The third-order valence-electron chi connectivity index (χ3n) is 5.23. The Morgan fingerprint density at radius 1 is 1.14 bits per heavy atom. The predicted octanol–water partition coefficient (Wildman–Crippen LogP) is 4.71. The molecule has 0 saturated carbocycles. The zero-order valence-electron chi connectivity index (χ0n) is 18.2. The average Bonchev–Trinajstić information content (AvgIpc) is 2.64. The van der Waals surface area contributed by atoms with Crippen molar-refractivity contribution >= 4 is 12.0 Å². The molecule has 1 fully saturated rings. The lowest BCUT2D eigenvalue weighted by Crippen LogP contribution is -2.45. The summed E-state index contributed by atoms with van der Waals surface area (Å²) in [4.78, 5) is 26.8. The molecule has 1 aromatic rings. The summed E-state index contributed by atoms with van der Waals surface area (Å²) in [5.41, 5.74) is 1.95. The molecule has 0 spiro atoms. The molecule has 1 atom stereocenters. The topological polar surface area (TPSA) is 58.6 Å². The lowest BCUT2D eigenvalue weighted by Gasteiger charge is -2.34. The molecular formula is C23H36N2O3. The maximum atomic E-state index is 12.9. The number of rotatable bonds is 5. The lowest BCUT2D eigenvalue weighted by atomic mass is 9.92. The predicted molar refractivity (Wildman–Crippen MR) is 112 cm³/mol. The molecule has 1 aliphatic rings. The number of amides is 2. The summed E-state index contributed by atoms with van der Waals surface area (Å²) in [6, 6.07) is 8.51. The monoisotopic (exact) mass is 388 g/mol. The number of likely N-dealkylation sites (tertiary alicyclic amines) is 1. The molecule has 1 aliphatic heterocycles. The Kier molecular flexibility index (Phi) is 7.50. The van der Waals surface area contributed by atoms with Crippen molar-refractivity contribution < 1.29 is 14.3 Å². The number of carbonyl (C=O) groups excluding carboxylic acids is 2. The number of piperidine rings is 1. The van der Waals surface area contributed by atoms with Gasteiger partial charge < -0.3 is 15.0 Å². The van der Waals surface area contributed by atoms with Gasteiger partial charge in [-0.2, -0.15) is 0 Å². The van der Waals surface area contributed by atoms with Crippen LogP contribution >= 0.6 is 0 Å². The Labute approximate surface area is 169 Å². The summed E-state index contributed by atoms with van der Waals surface area (Å²) in [7, 11) is 0. The maximum Gasteiger partial charge on any atom is 0.410 e. The van der Waals surface area contributed by atoms with Crippen LogP contribution in [0.25, 0.3) is 0 Å². The fourth-order valence-electron chi connectivity index (χ4n) is 3.52. The van der Waals surface area contributed by atoms with Crippen LogP contribution in [0.5, 0.6) is 0 Å². The minimum absolute atomic E-state index is 0.00212. The van der Waals surface area contributed by atoms with Crippen molar-refractivity contribution in [3.8, 4) is 0 Å². The highest BCUT2D eigenvalue weighted by atomic mass is 16.6. The van der Waals surface area contributed by atoms with Gasteiger partial charge in [-0.05, 0) is 57.1 Å². The summed E-state index contributed by atoms with van der Waals surface area (Å²) < 4.78 is 5.43. The summed E-state index contributed by atoms with van der Waals surface area (Å²) in [6.45, 7) is 13.1. The second-order valence-corrected chi connectivity index (χ2v) is 9.07. The van der Waals surface area contributed by atoms with E-state index in [1.165, 1.54) is 5.56 Å². The van der Waals surface area contributed by atoms with E-state index in [1.54, 1.807) is 4.90 Å². The number of hydrogen-bond acceptors (Lipinski definition) is 3. The smallest absolute Gasteiger partial charge is 0.410 e. The molecule has 0 radical (unpaired) electrons. The molecule has 2 rings (SSSR count). The zero-order valence-corrected chi connectivity index (χ0v) is 18.2. The van der Waals surface area contributed by atoms with Crippen molar-refractivity contribution in [1.29, 1.82) is 0 Å². The highest BCUT2D eigenvalue weighted by Gasteiger charge is 2.31. The molecule has 5 nitrogen and oxygen atoms in total. The summed E-state index contributed by atoms with van der Waals surface area (Å²) >= 11 is 0. The first-order valence-corrected chi connectivity index (χ1v) is 10.5. The van der Waals surface area contributed by atoms with Crippen LogP contribution < -0.4 is 5.32 Å². The largest absolute Gasteiger partial charge is 0.444 e. The van der Waals surface area contributed by atoms with E-state index >= 15 is 0 Å².